The average molecular weight is 305 g/mol. The van der Waals surface area contributed by atoms with Crippen molar-refractivity contribution in [1.29, 1.82) is 0 Å². The minimum absolute atomic E-state index is 0.0952. The fourth-order valence-corrected chi connectivity index (χ4v) is 3.48. The normalized spacial score (nSPS) is 24.5. The Morgan fingerprint density at radius 3 is 2.73 bits per heavy atom. The first-order valence-electron chi connectivity index (χ1n) is 7.98. The second-order valence-electron chi connectivity index (χ2n) is 6.26. The maximum absolute atomic E-state index is 11.5. The number of rotatable bonds is 4. The highest BCUT2D eigenvalue weighted by molar-refractivity contribution is 5.66. The number of aliphatic hydroxyl groups is 1. The zero-order chi connectivity index (χ0) is 15.7. The molecule has 3 rings (SSSR count). The summed E-state index contributed by atoms with van der Waals surface area (Å²) in [6, 6.07) is 4.00. The van der Waals surface area contributed by atoms with Crippen LogP contribution >= 0.6 is 0 Å². The molecule has 0 saturated heterocycles. The van der Waals surface area contributed by atoms with E-state index in [-0.39, 0.29) is 30.5 Å². The largest absolute Gasteiger partial charge is 0.508 e. The van der Waals surface area contributed by atoms with Gasteiger partial charge in [0.25, 0.3) is 0 Å². The number of phenols is 1. The van der Waals surface area contributed by atoms with E-state index in [0.29, 0.717) is 11.6 Å². The Kier molecular flexibility index (Phi) is 4.36. The van der Waals surface area contributed by atoms with Crippen LogP contribution in [0.15, 0.2) is 12.1 Å². The van der Waals surface area contributed by atoms with E-state index in [1.807, 2.05) is 6.07 Å². The first kappa shape index (κ1) is 15.3. The van der Waals surface area contributed by atoms with Gasteiger partial charge in [0.1, 0.15) is 11.9 Å². The number of esters is 1. The quantitative estimate of drug-likeness (QED) is 0.741. The molecule has 2 aliphatic rings. The topological polar surface area (TPSA) is 78.8 Å². The van der Waals surface area contributed by atoms with Gasteiger partial charge < -0.3 is 20.3 Å². The highest BCUT2D eigenvalue weighted by Crippen LogP contribution is 2.38. The first-order chi connectivity index (χ1) is 10.6. The molecule has 1 aromatic rings. The van der Waals surface area contributed by atoms with Crippen molar-refractivity contribution in [2.75, 3.05) is 0 Å². The predicted molar refractivity (Wildman–Crippen MR) is 81.4 cm³/mol. The molecule has 0 spiro atoms. The Balaban J connectivity index is 1.92. The van der Waals surface area contributed by atoms with Crippen molar-refractivity contribution in [3.8, 4) is 5.75 Å². The number of hydrogen-bond donors (Lipinski definition) is 3. The lowest BCUT2D eigenvalue weighted by molar-refractivity contribution is -0.149. The molecule has 2 unspecified atom stereocenters. The molecule has 1 saturated carbocycles. The van der Waals surface area contributed by atoms with Crippen LogP contribution < -0.4 is 5.32 Å². The third-order valence-corrected chi connectivity index (χ3v) is 4.83. The van der Waals surface area contributed by atoms with Gasteiger partial charge in [-0.25, -0.2) is 0 Å². The highest BCUT2D eigenvalue weighted by Gasteiger charge is 2.35. The second kappa shape index (κ2) is 6.26. The predicted octanol–water partition coefficient (Wildman–Crippen LogP) is 1.95. The summed E-state index contributed by atoms with van der Waals surface area (Å²) in [6.07, 6.45) is 4.84. The first-order valence-corrected chi connectivity index (χ1v) is 7.98. The Labute approximate surface area is 130 Å². The molecule has 0 bridgehead atoms. The van der Waals surface area contributed by atoms with Gasteiger partial charge in [0.15, 0.2) is 0 Å². The summed E-state index contributed by atoms with van der Waals surface area (Å²) in [4.78, 5) is 11.5. The number of fused-ring (bicyclic) bond motifs is 1. The van der Waals surface area contributed by atoms with Crippen LogP contribution in [-0.2, 0) is 22.6 Å². The van der Waals surface area contributed by atoms with Gasteiger partial charge in [0.05, 0.1) is 6.61 Å². The van der Waals surface area contributed by atoms with Gasteiger partial charge >= 0.3 is 5.97 Å². The number of carbonyl (C=O) groups is 1. The van der Waals surface area contributed by atoms with Crippen LogP contribution in [0.25, 0.3) is 0 Å². The molecule has 2 atom stereocenters. The van der Waals surface area contributed by atoms with Gasteiger partial charge in [-0.2, -0.15) is 0 Å². The fourth-order valence-electron chi connectivity index (χ4n) is 3.48. The standard InChI is InChI=1S/C17H23NO4/c1-10(20)22-17-13-6-8-16(21)14(9-19)12(13)5-7-15(17)18-11-3-2-4-11/h6,8,11,15,17-19,21H,2-5,7,9H2,1H3. The van der Waals surface area contributed by atoms with Gasteiger partial charge in [-0.1, -0.05) is 12.5 Å². The van der Waals surface area contributed by atoms with E-state index >= 15 is 0 Å². The van der Waals surface area contributed by atoms with Gasteiger partial charge in [-0.15, -0.1) is 0 Å². The van der Waals surface area contributed by atoms with E-state index in [1.165, 1.54) is 26.2 Å². The van der Waals surface area contributed by atoms with Gasteiger partial charge in [-0.05, 0) is 42.9 Å². The van der Waals surface area contributed by atoms with Crippen LogP contribution in [0, 0.1) is 0 Å². The summed E-state index contributed by atoms with van der Waals surface area (Å²) in [5.74, 6) is -0.204. The van der Waals surface area contributed by atoms with Crippen molar-refractivity contribution < 1.29 is 19.7 Å². The van der Waals surface area contributed by atoms with E-state index in [4.69, 9.17) is 4.74 Å². The van der Waals surface area contributed by atoms with Crippen LogP contribution in [0.4, 0.5) is 0 Å². The molecule has 120 valence electrons. The molecule has 5 heteroatoms. The maximum atomic E-state index is 11.5. The molecule has 2 aliphatic carbocycles. The second-order valence-corrected chi connectivity index (χ2v) is 6.26. The average Bonchev–Trinajstić information content (AvgIpc) is 2.43. The lowest BCUT2D eigenvalue weighted by atomic mass is 9.81. The number of hydrogen-bond acceptors (Lipinski definition) is 5. The van der Waals surface area contributed by atoms with Gasteiger partial charge in [-0.3, -0.25) is 4.79 Å². The highest BCUT2D eigenvalue weighted by atomic mass is 16.5. The van der Waals surface area contributed by atoms with Crippen LogP contribution in [0.1, 0.15) is 55.4 Å². The zero-order valence-corrected chi connectivity index (χ0v) is 12.8. The number of ether oxygens (including phenoxy) is 1. The zero-order valence-electron chi connectivity index (χ0n) is 12.8. The lowest BCUT2D eigenvalue weighted by Gasteiger charge is -2.39. The molecule has 22 heavy (non-hydrogen) atoms. The van der Waals surface area contributed by atoms with Crippen molar-refractivity contribution in [2.24, 2.45) is 0 Å². The fraction of sp³-hybridized carbons (Fsp3) is 0.588. The molecular formula is C17H23NO4. The molecule has 0 radical (unpaired) electrons. The molecule has 3 N–H and O–H groups in total. The summed E-state index contributed by atoms with van der Waals surface area (Å²) < 4.78 is 5.57. The van der Waals surface area contributed by atoms with E-state index in [2.05, 4.69) is 5.32 Å². The Hall–Kier alpha value is -1.59. The molecule has 1 aromatic carbocycles. The SMILES string of the molecule is CC(=O)OC1c2ccc(O)c(CO)c2CCC1NC1CCC1. The molecule has 0 aromatic heterocycles. The number of nitrogens with one attached hydrogen (secondary N) is 1. The van der Waals surface area contributed by atoms with E-state index in [1.54, 1.807) is 6.07 Å². The summed E-state index contributed by atoms with van der Waals surface area (Å²) in [5, 5.41) is 23.0. The summed E-state index contributed by atoms with van der Waals surface area (Å²) in [6.45, 7) is 1.21. The van der Waals surface area contributed by atoms with Crippen molar-refractivity contribution >= 4 is 5.97 Å². The molecule has 0 aliphatic heterocycles. The van der Waals surface area contributed by atoms with Gasteiger partial charge in [0.2, 0.25) is 0 Å². The van der Waals surface area contributed by atoms with Gasteiger partial charge in [0, 0.05) is 24.6 Å². The van der Waals surface area contributed by atoms with Crippen molar-refractivity contribution in [3.63, 3.8) is 0 Å². The minimum atomic E-state index is -0.354. The smallest absolute Gasteiger partial charge is 0.303 e. The van der Waals surface area contributed by atoms with E-state index < -0.39 is 0 Å². The van der Waals surface area contributed by atoms with Crippen LogP contribution in [0.3, 0.4) is 0 Å². The third kappa shape index (κ3) is 2.83. The van der Waals surface area contributed by atoms with Crippen molar-refractivity contribution in [1.82, 2.24) is 5.32 Å². The van der Waals surface area contributed by atoms with Crippen LogP contribution in [0.2, 0.25) is 0 Å². The molecular weight excluding hydrogens is 282 g/mol. The van der Waals surface area contributed by atoms with E-state index in [9.17, 15) is 15.0 Å². The summed E-state index contributed by atoms with van der Waals surface area (Å²) >= 11 is 0. The third-order valence-electron chi connectivity index (χ3n) is 4.83. The van der Waals surface area contributed by atoms with Crippen molar-refractivity contribution in [3.05, 3.63) is 28.8 Å². The minimum Gasteiger partial charge on any atom is -0.508 e. The number of carbonyl (C=O) groups excluding carboxylic acids is 1. The lowest BCUT2D eigenvalue weighted by Crippen LogP contribution is -2.48. The number of benzene rings is 1. The summed E-state index contributed by atoms with van der Waals surface area (Å²) in [7, 11) is 0. The molecule has 5 nitrogen and oxygen atoms in total. The monoisotopic (exact) mass is 305 g/mol. The Bertz CT molecular complexity index is 568. The van der Waals surface area contributed by atoms with Crippen LogP contribution in [-0.4, -0.2) is 28.3 Å². The molecule has 0 heterocycles. The Morgan fingerprint density at radius 1 is 1.36 bits per heavy atom. The van der Waals surface area contributed by atoms with E-state index in [0.717, 1.165) is 24.0 Å². The molecule has 1 fully saturated rings. The Morgan fingerprint density at radius 2 is 2.14 bits per heavy atom. The van der Waals surface area contributed by atoms with Crippen molar-refractivity contribution in [2.45, 2.75) is 63.8 Å². The number of aromatic hydroxyl groups is 1. The summed E-state index contributed by atoms with van der Waals surface area (Å²) in [5.41, 5.74) is 2.37. The number of aliphatic hydroxyl groups excluding tert-OH is 1. The molecule has 0 amide bonds. The van der Waals surface area contributed by atoms with Crippen LogP contribution in [0.5, 0.6) is 5.75 Å². The maximum Gasteiger partial charge on any atom is 0.303 e.